The van der Waals surface area contributed by atoms with Gasteiger partial charge in [-0.25, -0.2) is 0 Å². The first kappa shape index (κ1) is 23.5. The maximum Gasteiger partial charge on any atom is 0.320 e. The quantitative estimate of drug-likeness (QED) is 0.316. The fourth-order valence-corrected chi connectivity index (χ4v) is 5.69. The third-order valence-electron chi connectivity index (χ3n) is 5.24. The molecule has 0 fully saturated rings. The van der Waals surface area contributed by atoms with Crippen LogP contribution in [0.25, 0.3) is 0 Å². The number of carbonyl (C=O) groups is 3. The van der Waals surface area contributed by atoms with Gasteiger partial charge < -0.3 is 15.3 Å². The molecule has 140 valence electrons. The van der Waals surface area contributed by atoms with E-state index in [2.05, 4.69) is 37.9 Å². The van der Waals surface area contributed by atoms with Crippen molar-refractivity contribution in [1.29, 1.82) is 0 Å². The first-order chi connectivity index (χ1) is 10.8. The SMILES string of the molecule is CCC(S)(C(=O)O)C(CC)(C(S)(CC)C(=O)O)C(S)(CC)C(=O)O. The van der Waals surface area contributed by atoms with Gasteiger partial charge in [0.15, 0.2) is 0 Å². The van der Waals surface area contributed by atoms with Crippen LogP contribution >= 0.6 is 37.9 Å². The van der Waals surface area contributed by atoms with Gasteiger partial charge in [0.1, 0.15) is 14.2 Å². The predicted octanol–water partition coefficient (Wildman–Crippen LogP) is 2.87. The molecule has 3 N–H and O–H groups in total. The van der Waals surface area contributed by atoms with Crippen molar-refractivity contribution < 1.29 is 29.7 Å². The van der Waals surface area contributed by atoms with E-state index in [-0.39, 0.29) is 25.7 Å². The highest BCUT2D eigenvalue weighted by Gasteiger charge is 2.74. The van der Waals surface area contributed by atoms with Crippen molar-refractivity contribution >= 4 is 55.8 Å². The van der Waals surface area contributed by atoms with Gasteiger partial charge in [-0.2, -0.15) is 37.9 Å². The van der Waals surface area contributed by atoms with Crippen molar-refractivity contribution in [1.82, 2.24) is 0 Å². The van der Waals surface area contributed by atoms with Crippen molar-refractivity contribution in [2.45, 2.75) is 67.6 Å². The number of hydrogen-bond donors (Lipinski definition) is 6. The fraction of sp³-hybridized carbons (Fsp3) is 0.800. The molecule has 0 radical (unpaired) electrons. The molecule has 0 rings (SSSR count). The number of hydrogen-bond acceptors (Lipinski definition) is 6. The van der Waals surface area contributed by atoms with Crippen LogP contribution in [-0.4, -0.2) is 47.5 Å². The smallest absolute Gasteiger partial charge is 0.320 e. The topological polar surface area (TPSA) is 112 Å². The van der Waals surface area contributed by atoms with Gasteiger partial charge in [0.25, 0.3) is 0 Å². The zero-order valence-corrected chi connectivity index (χ0v) is 16.9. The van der Waals surface area contributed by atoms with Crippen LogP contribution in [0.1, 0.15) is 53.4 Å². The summed E-state index contributed by atoms with van der Waals surface area (Å²) in [6.45, 7) is 6.14. The lowest BCUT2D eigenvalue weighted by Crippen LogP contribution is -2.73. The van der Waals surface area contributed by atoms with Crippen molar-refractivity contribution in [3.8, 4) is 0 Å². The number of aliphatic carboxylic acids is 3. The molecule has 0 bridgehead atoms. The molecule has 0 aliphatic carbocycles. The summed E-state index contributed by atoms with van der Waals surface area (Å²) in [5, 5.41) is 29.6. The Kier molecular flexibility index (Phi) is 7.61. The maximum absolute atomic E-state index is 12.1. The first-order valence-electron chi connectivity index (χ1n) is 7.70. The lowest BCUT2D eigenvalue weighted by molar-refractivity contribution is -0.159. The molecule has 3 atom stereocenters. The Bertz CT molecular complexity index is 456. The molecule has 3 unspecified atom stereocenters. The Morgan fingerprint density at radius 2 is 0.833 bits per heavy atom. The van der Waals surface area contributed by atoms with Crippen molar-refractivity contribution in [3.63, 3.8) is 0 Å². The molecular weight excluding hydrogens is 372 g/mol. The van der Waals surface area contributed by atoms with E-state index in [1.807, 2.05) is 0 Å². The molecule has 0 aliphatic rings. The highest BCUT2D eigenvalue weighted by atomic mass is 32.1. The van der Waals surface area contributed by atoms with E-state index in [9.17, 15) is 29.7 Å². The molecular formula is C15H26O6S3. The third kappa shape index (κ3) is 2.82. The average Bonchev–Trinajstić information content (AvgIpc) is 2.53. The number of carboxylic acid groups (broad SMARTS) is 3. The number of thiol groups is 3. The average molecular weight is 399 g/mol. The molecule has 0 saturated carbocycles. The fourth-order valence-electron chi connectivity index (χ4n) is 3.81. The van der Waals surface area contributed by atoms with Gasteiger partial charge in [0, 0.05) is 5.41 Å². The van der Waals surface area contributed by atoms with E-state index >= 15 is 0 Å². The second kappa shape index (κ2) is 7.78. The summed E-state index contributed by atoms with van der Waals surface area (Å²) in [4.78, 5) is 36.3. The Labute approximate surface area is 158 Å². The van der Waals surface area contributed by atoms with Crippen LogP contribution < -0.4 is 0 Å². The van der Waals surface area contributed by atoms with Crippen LogP contribution in [0, 0.1) is 5.41 Å². The summed E-state index contributed by atoms with van der Waals surface area (Å²) in [5.74, 6) is -4.18. The molecule has 0 aromatic carbocycles. The van der Waals surface area contributed by atoms with Crippen molar-refractivity contribution in [3.05, 3.63) is 0 Å². The van der Waals surface area contributed by atoms with Gasteiger partial charge in [-0.3, -0.25) is 14.4 Å². The summed E-state index contributed by atoms with van der Waals surface area (Å²) >= 11 is 13.0. The minimum Gasteiger partial charge on any atom is -0.480 e. The van der Waals surface area contributed by atoms with E-state index in [1.165, 1.54) is 20.8 Å². The maximum atomic E-state index is 12.1. The second-order valence-electron chi connectivity index (χ2n) is 5.82. The monoisotopic (exact) mass is 398 g/mol. The third-order valence-corrected chi connectivity index (χ3v) is 7.91. The molecule has 0 spiro atoms. The van der Waals surface area contributed by atoms with Gasteiger partial charge in [-0.15, -0.1) is 0 Å². The zero-order valence-electron chi connectivity index (χ0n) is 14.2. The van der Waals surface area contributed by atoms with E-state index < -0.39 is 37.6 Å². The van der Waals surface area contributed by atoms with Crippen LogP contribution in [0.3, 0.4) is 0 Å². The summed E-state index contributed by atoms with van der Waals surface area (Å²) in [7, 11) is 0. The molecule has 0 amide bonds. The van der Waals surface area contributed by atoms with Crippen LogP contribution in [0.15, 0.2) is 0 Å². The molecule has 6 nitrogen and oxygen atoms in total. The normalized spacial score (nSPS) is 21.6. The minimum absolute atomic E-state index is 0.0928. The Balaban J connectivity index is 7.35. The molecule has 0 aromatic rings. The van der Waals surface area contributed by atoms with Gasteiger partial charge in [-0.1, -0.05) is 27.7 Å². The lowest BCUT2D eigenvalue weighted by atomic mass is 9.54. The van der Waals surface area contributed by atoms with E-state index in [1.54, 1.807) is 6.92 Å². The summed E-state index contributed by atoms with van der Waals surface area (Å²) in [6.07, 6.45) is -0.372. The van der Waals surface area contributed by atoms with E-state index in [0.29, 0.717) is 0 Å². The van der Waals surface area contributed by atoms with Gasteiger partial charge in [-0.05, 0) is 25.7 Å². The molecule has 0 aromatic heterocycles. The lowest BCUT2D eigenvalue weighted by Gasteiger charge is -2.59. The van der Waals surface area contributed by atoms with Crippen LogP contribution in [-0.2, 0) is 14.4 Å². The first-order valence-corrected chi connectivity index (χ1v) is 9.04. The summed E-state index contributed by atoms with van der Waals surface area (Å²) < 4.78 is -5.89. The highest BCUT2D eigenvalue weighted by Crippen LogP contribution is 2.63. The van der Waals surface area contributed by atoms with Crippen molar-refractivity contribution in [2.24, 2.45) is 5.41 Å². The van der Waals surface area contributed by atoms with Gasteiger partial charge >= 0.3 is 17.9 Å². The Hall–Kier alpha value is -0.540. The standard InChI is InChI=1S/C15H26O6S3/c1-5-12(22,9(16)17)15(8-4,13(23,6-2)10(18)19)14(24,7-3)11(20)21/h22-24H,5-8H2,1-4H3,(H,16,17)(H,18,19)(H,20,21). The number of rotatable bonds is 10. The van der Waals surface area contributed by atoms with Gasteiger partial charge in [0.05, 0.1) is 0 Å². The summed E-state index contributed by atoms with van der Waals surface area (Å²) in [5.41, 5.74) is -1.88. The van der Waals surface area contributed by atoms with E-state index in [0.717, 1.165) is 0 Å². The van der Waals surface area contributed by atoms with Crippen molar-refractivity contribution in [2.75, 3.05) is 0 Å². The van der Waals surface area contributed by atoms with Crippen LogP contribution in [0.4, 0.5) is 0 Å². The Morgan fingerprint density at radius 3 is 0.917 bits per heavy atom. The van der Waals surface area contributed by atoms with E-state index in [4.69, 9.17) is 0 Å². The molecule has 0 saturated heterocycles. The summed E-state index contributed by atoms with van der Waals surface area (Å²) in [6, 6.07) is 0. The number of carboxylic acids is 3. The van der Waals surface area contributed by atoms with Crippen LogP contribution in [0.5, 0.6) is 0 Å². The van der Waals surface area contributed by atoms with Gasteiger partial charge in [0.2, 0.25) is 0 Å². The predicted molar refractivity (Wildman–Crippen MR) is 102 cm³/mol. The molecule has 0 heterocycles. The van der Waals surface area contributed by atoms with Crippen LogP contribution in [0.2, 0.25) is 0 Å². The molecule has 0 aliphatic heterocycles. The second-order valence-corrected chi connectivity index (χ2v) is 8.11. The molecule has 24 heavy (non-hydrogen) atoms. The zero-order chi connectivity index (χ0) is 19.6. The Morgan fingerprint density at radius 1 is 0.625 bits per heavy atom. The molecule has 9 heteroatoms. The largest absolute Gasteiger partial charge is 0.480 e. The highest BCUT2D eigenvalue weighted by molar-refractivity contribution is 7.85. The minimum atomic E-state index is -1.96.